The van der Waals surface area contributed by atoms with Crippen LogP contribution in [0.2, 0.25) is 0 Å². The van der Waals surface area contributed by atoms with Crippen LogP contribution < -0.4 is 0 Å². The molecule has 0 radical (unpaired) electrons. The SMILES string of the molecule is Cc1nc(CN(C)[C@H]2CCCN(C(=O)C[C@H]3C=CCC3)CC2)no1. The Bertz CT molecular complexity index is 583. The molecule has 0 unspecified atom stereocenters. The highest BCUT2D eigenvalue weighted by Gasteiger charge is 2.25. The minimum Gasteiger partial charge on any atom is -0.343 e. The first kappa shape index (κ1) is 17.1. The van der Waals surface area contributed by atoms with E-state index in [1.165, 1.54) is 0 Å². The number of aryl methyl sites for hydroxylation is 1. The van der Waals surface area contributed by atoms with Crippen molar-refractivity contribution in [2.75, 3.05) is 20.1 Å². The molecule has 1 fully saturated rings. The summed E-state index contributed by atoms with van der Waals surface area (Å²) in [5, 5.41) is 3.98. The van der Waals surface area contributed by atoms with Gasteiger partial charge in [0.1, 0.15) is 0 Å². The normalized spacial score (nSPS) is 24.5. The maximum absolute atomic E-state index is 12.5. The monoisotopic (exact) mass is 332 g/mol. The van der Waals surface area contributed by atoms with Gasteiger partial charge in [-0.15, -0.1) is 0 Å². The number of likely N-dealkylation sites (tertiary alicyclic amines) is 1. The Kier molecular flexibility index (Phi) is 5.66. The summed E-state index contributed by atoms with van der Waals surface area (Å²) in [4.78, 5) is 21.2. The van der Waals surface area contributed by atoms with Gasteiger partial charge in [0.2, 0.25) is 11.8 Å². The Hall–Kier alpha value is -1.69. The Morgan fingerprint density at radius 1 is 1.38 bits per heavy atom. The zero-order valence-corrected chi connectivity index (χ0v) is 14.8. The summed E-state index contributed by atoms with van der Waals surface area (Å²) in [6.45, 7) is 4.25. The Morgan fingerprint density at radius 2 is 2.25 bits per heavy atom. The van der Waals surface area contributed by atoms with E-state index in [4.69, 9.17) is 4.52 Å². The second-order valence-corrected chi connectivity index (χ2v) is 7.08. The lowest BCUT2D eigenvalue weighted by molar-refractivity contribution is -0.131. The minimum atomic E-state index is 0.323. The zero-order chi connectivity index (χ0) is 16.9. The first-order valence-corrected chi connectivity index (χ1v) is 9.05. The Balaban J connectivity index is 1.48. The van der Waals surface area contributed by atoms with Crippen LogP contribution in [0.5, 0.6) is 0 Å². The van der Waals surface area contributed by atoms with Crippen molar-refractivity contribution in [3.63, 3.8) is 0 Å². The summed E-state index contributed by atoms with van der Waals surface area (Å²) in [7, 11) is 2.11. The van der Waals surface area contributed by atoms with Crippen LogP contribution in [0.3, 0.4) is 0 Å². The summed E-state index contributed by atoms with van der Waals surface area (Å²) in [5.41, 5.74) is 0. The molecule has 1 aromatic rings. The number of carbonyl (C=O) groups excluding carboxylic acids is 1. The molecule has 132 valence electrons. The van der Waals surface area contributed by atoms with Gasteiger partial charge in [-0.05, 0) is 45.1 Å². The number of aromatic nitrogens is 2. The molecule has 0 bridgehead atoms. The number of carbonyl (C=O) groups is 1. The lowest BCUT2D eigenvalue weighted by Gasteiger charge is -2.26. The highest BCUT2D eigenvalue weighted by Crippen LogP contribution is 2.23. The number of allylic oxidation sites excluding steroid dienone is 2. The summed E-state index contributed by atoms with van der Waals surface area (Å²) >= 11 is 0. The molecule has 6 nitrogen and oxygen atoms in total. The molecule has 1 aromatic heterocycles. The fourth-order valence-corrected chi connectivity index (χ4v) is 3.75. The van der Waals surface area contributed by atoms with E-state index in [2.05, 4.69) is 39.1 Å². The van der Waals surface area contributed by atoms with Gasteiger partial charge in [-0.2, -0.15) is 4.98 Å². The Labute approximate surface area is 143 Å². The summed E-state index contributed by atoms with van der Waals surface area (Å²) in [6, 6.07) is 0.466. The van der Waals surface area contributed by atoms with E-state index >= 15 is 0 Å². The molecule has 2 heterocycles. The van der Waals surface area contributed by atoms with Gasteiger partial charge in [0.25, 0.3) is 0 Å². The van der Waals surface area contributed by atoms with Crippen molar-refractivity contribution in [2.45, 2.75) is 58.0 Å². The molecule has 1 aliphatic carbocycles. The third-order valence-corrected chi connectivity index (χ3v) is 5.18. The van der Waals surface area contributed by atoms with Gasteiger partial charge < -0.3 is 9.42 Å². The van der Waals surface area contributed by atoms with Gasteiger partial charge in [-0.25, -0.2) is 0 Å². The van der Waals surface area contributed by atoms with Crippen molar-refractivity contribution in [3.8, 4) is 0 Å². The smallest absolute Gasteiger partial charge is 0.223 e. The van der Waals surface area contributed by atoms with Gasteiger partial charge in [-0.1, -0.05) is 17.3 Å². The molecule has 0 saturated carbocycles. The summed E-state index contributed by atoms with van der Waals surface area (Å²) in [6.07, 6.45) is 10.5. The molecule has 2 atom stereocenters. The summed E-state index contributed by atoms with van der Waals surface area (Å²) < 4.78 is 5.04. The molecule has 24 heavy (non-hydrogen) atoms. The molecule has 1 saturated heterocycles. The van der Waals surface area contributed by atoms with Crippen molar-refractivity contribution in [1.29, 1.82) is 0 Å². The average molecular weight is 332 g/mol. The van der Waals surface area contributed by atoms with Gasteiger partial charge in [-0.3, -0.25) is 9.69 Å². The van der Waals surface area contributed by atoms with Crippen molar-refractivity contribution >= 4 is 5.91 Å². The van der Waals surface area contributed by atoms with Gasteiger partial charge >= 0.3 is 0 Å². The fraction of sp³-hybridized carbons (Fsp3) is 0.722. The molecule has 0 N–H and O–H groups in total. The predicted octanol–water partition coefficient (Wildman–Crippen LogP) is 2.55. The van der Waals surface area contributed by atoms with Crippen LogP contribution >= 0.6 is 0 Å². The minimum absolute atomic E-state index is 0.323. The highest BCUT2D eigenvalue weighted by molar-refractivity contribution is 5.76. The van der Waals surface area contributed by atoms with E-state index in [9.17, 15) is 4.79 Å². The maximum Gasteiger partial charge on any atom is 0.223 e. The second-order valence-electron chi connectivity index (χ2n) is 7.08. The molecule has 2 aliphatic rings. The Morgan fingerprint density at radius 3 is 2.96 bits per heavy atom. The molecule has 6 heteroatoms. The van der Waals surface area contributed by atoms with Crippen LogP contribution in [0.25, 0.3) is 0 Å². The molecule has 1 aliphatic heterocycles. The van der Waals surface area contributed by atoms with Crippen LogP contribution in [0.15, 0.2) is 16.7 Å². The standard InChI is InChI=1S/C18H28N4O2/c1-14-19-17(20-24-14)13-21(2)16-8-5-10-22(11-9-16)18(23)12-15-6-3-4-7-15/h3,6,15-16H,4-5,7-13H2,1-2H3/t15-,16-/m0/s1. The topological polar surface area (TPSA) is 62.5 Å². The molecular formula is C18H28N4O2. The summed E-state index contributed by atoms with van der Waals surface area (Å²) in [5.74, 6) is 2.13. The third-order valence-electron chi connectivity index (χ3n) is 5.18. The molecule has 1 amide bonds. The largest absolute Gasteiger partial charge is 0.343 e. The van der Waals surface area contributed by atoms with E-state index in [1.807, 2.05) is 6.92 Å². The van der Waals surface area contributed by atoms with E-state index in [-0.39, 0.29) is 0 Å². The number of nitrogens with zero attached hydrogens (tertiary/aromatic N) is 4. The third kappa shape index (κ3) is 4.44. The molecular weight excluding hydrogens is 304 g/mol. The second kappa shape index (κ2) is 7.92. The van der Waals surface area contributed by atoms with Crippen LogP contribution in [0.1, 0.15) is 50.2 Å². The van der Waals surface area contributed by atoms with E-state index in [0.717, 1.165) is 51.0 Å². The number of amides is 1. The van der Waals surface area contributed by atoms with Gasteiger partial charge in [0, 0.05) is 32.5 Å². The lowest BCUT2D eigenvalue weighted by Crippen LogP contribution is -2.35. The number of rotatable bonds is 5. The maximum atomic E-state index is 12.5. The van der Waals surface area contributed by atoms with Crippen molar-refractivity contribution < 1.29 is 9.32 Å². The zero-order valence-electron chi connectivity index (χ0n) is 14.8. The van der Waals surface area contributed by atoms with E-state index in [1.54, 1.807) is 0 Å². The predicted molar refractivity (Wildman–Crippen MR) is 91.2 cm³/mol. The first-order valence-electron chi connectivity index (χ1n) is 9.05. The fourth-order valence-electron chi connectivity index (χ4n) is 3.75. The van der Waals surface area contributed by atoms with Crippen molar-refractivity contribution in [1.82, 2.24) is 19.9 Å². The average Bonchev–Trinajstić information content (AvgIpc) is 3.12. The molecule has 0 spiro atoms. The molecule has 3 rings (SSSR count). The first-order chi connectivity index (χ1) is 11.6. The van der Waals surface area contributed by atoms with Crippen LogP contribution in [-0.2, 0) is 11.3 Å². The van der Waals surface area contributed by atoms with Gasteiger partial charge in [0.05, 0.1) is 6.54 Å². The van der Waals surface area contributed by atoms with E-state index < -0.39 is 0 Å². The van der Waals surface area contributed by atoms with E-state index in [0.29, 0.717) is 36.7 Å². The van der Waals surface area contributed by atoms with Crippen LogP contribution in [0, 0.1) is 12.8 Å². The lowest BCUT2D eigenvalue weighted by atomic mass is 10.0. The van der Waals surface area contributed by atoms with Crippen molar-refractivity contribution in [2.24, 2.45) is 5.92 Å². The van der Waals surface area contributed by atoms with Gasteiger partial charge in [0.15, 0.2) is 5.82 Å². The van der Waals surface area contributed by atoms with Crippen LogP contribution in [-0.4, -0.2) is 52.0 Å². The number of hydrogen-bond donors (Lipinski definition) is 0. The quantitative estimate of drug-likeness (QED) is 0.776. The van der Waals surface area contributed by atoms with Crippen LogP contribution in [0.4, 0.5) is 0 Å². The number of hydrogen-bond acceptors (Lipinski definition) is 5. The molecule has 0 aromatic carbocycles. The van der Waals surface area contributed by atoms with Crippen molar-refractivity contribution in [3.05, 3.63) is 23.9 Å². The highest BCUT2D eigenvalue weighted by atomic mass is 16.5.